The van der Waals surface area contributed by atoms with Crippen LogP contribution in [0.2, 0.25) is 5.02 Å². The molecule has 150 valence electrons. The summed E-state index contributed by atoms with van der Waals surface area (Å²) in [6.07, 6.45) is 3.20. The Bertz CT molecular complexity index is 1210. The van der Waals surface area contributed by atoms with Crippen molar-refractivity contribution < 1.29 is 14.0 Å². The van der Waals surface area contributed by atoms with Gasteiger partial charge in [0.2, 0.25) is 0 Å². The van der Waals surface area contributed by atoms with Gasteiger partial charge in [-0.25, -0.2) is 0 Å². The van der Waals surface area contributed by atoms with E-state index in [0.717, 1.165) is 10.9 Å². The van der Waals surface area contributed by atoms with E-state index in [0.29, 0.717) is 34.0 Å². The summed E-state index contributed by atoms with van der Waals surface area (Å²) in [4.78, 5) is 29.4. The molecule has 2 aromatic heterocycles. The minimum atomic E-state index is -0.283. The number of nitrogens with one attached hydrogen (secondary N) is 2. The van der Waals surface area contributed by atoms with Crippen molar-refractivity contribution in [1.29, 1.82) is 0 Å². The summed E-state index contributed by atoms with van der Waals surface area (Å²) in [7, 11) is 0. The number of fused-ring (bicyclic) bond motifs is 1. The Labute approximate surface area is 177 Å². The molecule has 4 rings (SSSR count). The molecule has 2 heterocycles. The Morgan fingerprint density at radius 1 is 0.933 bits per heavy atom. The van der Waals surface area contributed by atoms with Gasteiger partial charge >= 0.3 is 0 Å². The standard InChI is InChI=1S/C23H18ClN3O3/c24-18-11-16-6-2-8-25-21(16)20(12-18)23(29)26-13-15-4-1-5-17(10-15)22(28)27-14-19-7-3-9-30-19/h1-12H,13-14H2,(H,26,29)(H,27,28). The molecule has 0 spiro atoms. The van der Waals surface area contributed by atoms with E-state index >= 15 is 0 Å². The summed E-state index contributed by atoms with van der Waals surface area (Å²) in [5.41, 5.74) is 2.30. The fourth-order valence-electron chi connectivity index (χ4n) is 3.11. The second kappa shape index (κ2) is 8.80. The molecule has 6 nitrogen and oxygen atoms in total. The molecule has 4 aromatic rings. The Morgan fingerprint density at radius 3 is 2.63 bits per heavy atom. The van der Waals surface area contributed by atoms with Crippen LogP contribution in [0.15, 0.2) is 77.5 Å². The number of halogens is 1. The van der Waals surface area contributed by atoms with Gasteiger partial charge < -0.3 is 15.1 Å². The lowest BCUT2D eigenvalue weighted by Gasteiger charge is -2.10. The van der Waals surface area contributed by atoms with Gasteiger partial charge in [-0.05, 0) is 48.0 Å². The number of benzene rings is 2. The van der Waals surface area contributed by atoms with Gasteiger partial charge in [0.1, 0.15) is 5.76 Å². The maximum absolute atomic E-state index is 12.7. The van der Waals surface area contributed by atoms with Crippen LogP contribution in [0.1, 0.15) is 32.0 Å². The molecule has 0 fully saturated rings. The first-order valence-corrected chi connectivity index (χ1v) is 9.70. The Kier molecular flexibility index (Phi) is 5.77. The van der Waals surface area contributed by atoms with E-state index in [1.54, 1.807) is 61.0 Å². The zero-order valence-electron chi connectivity index (χ0n) is 15.9. The molecule has 0 aliphatic carbocycles. The van der Waals surface area contributed by atoms with Crippen LogP contribution in [0.3, 0.4) is 0 Å². The highest BCUT2D eigenvalue weighted by atomic mass is 35.5. The van der Waals surface area contributed by atoms with E-state index < -0.39 is 0 Å². The monoisotopic (exact) mass is 419 g/mol. The largest absolute Gasteiger partial charge is 0.467 e. The number of nitrogens with zero attached hydrogens (tertiary/aromatic N) is 1. The highest BCUT2D eigenvalue weighted by molar-refractivity contribution is 6.32. The number of rotatable bonds is 6. The van der Waals surface area contributed by atoms with Crippen LogP contribution in [0.25, 0.3) is 10.9 Å². The maximum Gasteiger partial charge on any atom is 0.253 e. The number of amides is 2. The first kappa shape index (κ1) is 19.7. The summed E-state index contributed by atoms with van der Waals surface area (Å²) in [6, 6.07) is 17.7. The summed E-state index contributed by atoms with van der Waals surface area (Å²) in [6.45, 7) is 0.570. The summed E-state index contributed by atoms with van der Waals surface area (Å²) >= 11 is 6.15. The molecule has 7 heteroatoms. The van der Waals surface area contributed by atoms with Gasteiger partial charge in [0, 0.05) is 28.7 Å². The van der Waals surface area contributed by atoms with E-state index in [1.165, 1.54) is 0 Å². The van der Waals surface area contributed by atoms with Gasteiger partial charge in [-0.15, -0.1) is 0 Å². The zero-order valence-corrected chi connectivity index (χ0v) is 16.6. The Morgan fingerprint density at radius 2 is 1.80 bits per heavy atom. The van der Waals surface area contributed by atoms with Crippen LogP contribution in [-0.4, -0.2) is 16.8 Å². The number of carbonyl (C=O) groups is 2. The number of aromatic nitrogens is 1. The number of hydrogen-bond acceptors (Lipinski definition) is 4. The summed E-state index contributed by atoms with van der Waals surface area (Å²) in [5, 5.41) is 6.94. The SMILES string of the molecule is O=C(NCc1ccco1)c1cccc(CNC(=O)c2cc(Cl)cc3cccnc23)c1. The lowest BCUT2D eigenvalue weighted by Crippen LogP contribution is -2.24. The predicted octanol–water partition coefficient (Wildman–Crippen LogP) is 4.34. The van der Waals surface area contributed by atoms with E-state index in [4.69, 9.17) is 16.0 Å². The van der Waals surface area contributed by atoms with E-state index in [9.17, 15) is 9.59 Å². The molecule has 0 radical (unpaired) electrons. The topological polar surface area (TPSA) is 84.2 Å². The number of carbonyl (C=O) groups excluding carboxylic acids is 2. The molecular formula is C23H18ClN3O3. The average Bonchev–Trinajstić information content (AvgIpc) is 3.29. The third kappa shape index (κ3) is 4.50. The molecule has 0 atom stereocenters. The molecule has 0 saturated heterocycles. The van der Waals surface area contributed by atoms with Crippen LogP contribution in [0.4, 0.5) is 0 Å². The number of hydrogen-bond donors (Lipinski definition) is 2. The van der Waals surface area contributed by atoms with E-state index in [2.05, 4.69) is 15.6 Å². The Balaban J connectivity index is 1.43. The van der Waals surface area contributed by atoms with Crippen LogP contribution in [0, 0.1) is 0 Å². The first-order valence-electron chi connectivity index (χ1n) is 9.32. The van der Waals surface area contributed by atoms with E-state index in [1.807, 2.05) is 12.1 Å². The molecule has 0 unspecified atom stereocenters. The van der Waals surface area contributed by atoms with Crippen molar-refractivity contribution in [3.8, 4) is 0 Å². The van der Waals surface area contributed by atoms with Crippen LogP contribution in [-0.2, 0) is 13.1 Å². The minimum absolute atomic E-state index is 0.218. The van der Waals surface area contributed by atoms with Crippen LogP contribution in [0.5, 0.6) is 0 Å². The molecule has 2 amide bonds. The molecule has 2 aromatic carbocycles. The quantitative estimate of drug-likeness (QED) is 0.487. The zero-order chi connectivity index (χ0) is 20.9. The molecule has 0 aliphatic rings. The van der Waals surface area contributed by atoms with Crippen molar-refractivity contribution in [2.45, 2.75) is 13.1 Å². The molecule has 0 aliphatic heterocycles. The summed E-state index contributed by atoms with van der Waals surface area (Å²) < 4.78 is 5.21. The maximum atomic E-state index is 12.7. The van der Waals surface area contributed by atoms with Gasteiger partial charge in [-0.3, -0.25) is 14.6 Å². The first-order chi connectivity index (χ1) is 14.6. The van der Waals surface area contributed by atoms with Crippen molar-refractivity contribution in [2.24, 2.45) is 0 Å². The molecular weight excluding hydrogens is 402 g/mol. The third-order valence-electron chi connectivity index (χ3n) is 4.56. The molecule has 0 saturated carbocycles. The summed E-state index contributed by atoms with van der Waals surface area (Å²) in [5.74, 6) is 0.174. The lowest BCUT2D eigenvalue weighted by molar-refractivity contribution is 0.0944. The normalized spacial score (nSPS) is 10.7. The average molecular weight is 420 g/mol. The third-order valence-corrected chi connectivity index (χ3v) is 4.78. The Hall–Kier alpha value is -3.64. The van der Waals surface area contributed by atoms with Gasteiger partial charge in [0.15, 0.2) is 0 Å². The second-order valence-corrected chi connectivity index (χ2v) is 7.11. The van der Waals surface area contributed by atoms with E-state index in [-0.39, 0.29) is 18.4 Å². The number of furan rings is 1. The van der Waals surface area contributed by atoms with Crippen LogP contribution < -0.4 is 10.6 Å². The van der Waals surface area contributed by atoms with Gasteiger partial charge in [0.25, 0.3) is 11.8 Å². The molecule has 30 heavy (non-hydrogen) atoms. The van der Waals surface area contributed by atoms with Gasteiger partial charge in [0.05, 0.1) is 23.9 Å². The minimum Gasteiger partial charge on any atom is -0.467 e. The van der Waals surface area contributed by atoms with Crippen molar-refractivity contribution in [1.82, 2.24) is 15.6 Å². The van der Waals surface area contributed by atoms with Crippen molar-refractivity contribution in [3.63, 3.8) is 0 Å². The van der Waals surface area contributed by atoms with Crippen molar-refractivity contribution in [3.05, 3.63) is 101 Å². The van der Waals surface area contributed by atoms with Gasteiger partial charge in [-0.1, -0.05) is 29.8 Å². The van der Waals surface area contributed by atoms with Crippen molar-refractivity contribution in [2.75, 3.05) is 0 Å². The fourth-order valence-corrected chi connectivity index (χ4v) is 3.34. The second-order valence-electron chi connectivity index (χ2n) is 6.67. The predicted molar refractivity (Wildman–Crippen MR) is 114 cm³/mol. The highest BCUT2D eigenvalue weighted by Gasteiger charge is 2.13. The molecule has 0 bridgehead atoms. The van der Waals surface area contributed by atoms with Gasteiger partial charge in [-0.2, -0.15) is 0 Å². The lowest BCUT2D eigenvalue weighted by atomic mass is 10.1. The molecule has 2 N–H and O–H groups in total. The highest BCUT2D eigenvalue weighted by Crippen LogP contribution is 2.22. The number of pyridine rings is 1. The van der Waals surface area contributed by atoms with Crippen molar-refractivity contribution >= 4 is 34.3 Å². The van der Waals surface area contributed by atoms with Crippen LogP contribution >= 0.6 is 11.6 Å². The fraction of sp³-hybridized carbons (Fsp3) is 0.0870. The smallest absolute Gasteiger partial charge is 0.253 e.